The summed E-state index contributed by atoms with van der Waals surface area (Å²) in [6.07, 6.45) is 8.28. The van der Waals surface area contributed by atoms with E-state index >= 15 is 0 Å². The molecule has 0 bridgehead atoms. The third kappa shape index (κ3) is 9.14. The Morgan fingerprint density at radius 1 is 0.812 bits per heavy atom. The standard InChI is InChI=1S/C14H29FO/c1-3-5-7-9-11-13(15)14(16)12-10-8-6-4-2/h13-14,16H,3-12H2,1-2H3/t13-,14-/m1/s1. The highest BCUT2D eigenvalue weighted by Crippen LogP contribution is 2.16. The molecule has 0 unspecified atom stereocenters. The van der Waals surface area contributed by atoms with Crippen molar-refractivity contribution in [1.29, 1.82) is 0 Å². The van der Waals surface area contributed by atoms with E-state index in [-0.39, 0.29) is 0 Å². The lowest BCUT2D eigenvalue weighted by Crippen LogP contribution is -2.21. The first kappa shape index (κ1) is 15.9. The van der Waals surface area contributed by atoms with Gasteiger partial charge in [-0.15, -0.1) is 0 Å². The zero-order valence-electron chi connectivity index (χ0n) is 11.1. The van der Waals surface area contributed by atoms with Gasteiger partial charge in [0.05, 0.1) is 6.10 Å². The summed E-state index contributed by atoms with van der Waals surface area (Å²) in [5.41, 5.74) is 0. The molecule has 1 nitrogen and oxygen atoms in total. The summed E-state index contributed by atoms with van der Waals surface area (Å²) in [6, 6.07) is 0. The van der Waals surface area contributed by atoms with Crippen LogP contribution in [0.15, 0.2) is 0 Å². The zero-order valence-corrected chi connectivity index (χ0v) is 11.1. The van der Waals surface area contributed by atoms with Crippen molar-refractivity contribution in [3.63, 3.8) is 0 Å². The van der Waals surface area contributed by atoms with Crippen molar-refractivity contribution in [3.05, 3.63) is 0 Å². The van der Waals surface area contributed by atoms with E-state index in [1.807, 2.05) is 0 Å². The van der Waals surface area contributed by atoms with Crippen molar-refractivity contribution in [2.75, 3.05) is 0 Å². The average molecular weight is 232 g/mol. The molecular weight excluding hydrogens is 203 g/mol. The Kier molecular flexibility index (Phi) is 11.3. The second-order valence-corrected chi connectivity index (χ2v) is 4.78. The summed E-state index contributed by atoms with van der Waals surface area (Å²) in [4.78, 5) is 0. The quantitative estimate of drug-likeness (QED) is 0.515. The maximum Gasteiger partial charge on any atom is 0.126 e. The van der Waals surface area contributed by atoms with Crippen molar-refractivity contribution >= 4 is 0 Å². The van der Waals surface area contributed by atoms with Gasteiger partial charge in [0.25, 0.3) is 0 Å². The van der Waals surface area contributed by atoms with Crippen LogP contribution < -0.4 is 0 Å². The summed E-state index contributed by atoms with van der Waals surface area (Å²) < 4.78 is 13.5. The van der Waals surface area contributed by atoms with E-state index in [1.165, 1.54) is 25.7 Å². The SMILES string of the molecule is CCCCCC[C@@H](O)[C@H](F)CCCCCC. The van der Waals surface area contributed by atoms with Crippen LogP contribution in [0, 0.1) is 0 Å². The predicted molar refractivity (Wildman–Crippen MR) is 68.4 cm³/mol. The monoisotopic (exact) mass is 232 g/mol. The van der Waals surface area contributed by atoms with Crippen LogP contribution in [-0.4, -0.2) is 17.4 Å². The summed E-state index contributed by atoms with van der Waals surface area (Å²) in [7, 11) is 0. The van der Waals surface area contributed by atoms with Crippen molar-refractivity contribution in [1.82, 2.24) is 0 Å². The number of aliphatic hydroxyl groups is 1. The molecule has 0 saturated carbocycles. The van der Waals surface area contributed by atoms with Crippen LogP contribution in [0.1, 0.15) is 78.1 Å². The summed E-state index contributed by atoms with van der Waals surface area (Å²) in [6.45, 7) is 4.30. The Morgan fingerprint density at radius 2 is 1.31 bits per heavy atom. The average Bonchev–Trinajstić information content (AvgIpc) is 2.29. The van der Waals surface area contributed by atoms with Gasteiger partial charge in [0.2, 0.25) is 0 Å². The van der Waals surface area contributed by atoms with Gasteiger partial charge in [-0.3, -0.25) is 0 Å². The molecule has 0 heterocycles. The van der Waals surface area contributed by atoms with Gasteiger partial charge in [0.1, 0.15) is 6.17 Å². The molecular formula is C14H29FO. The lowest BCUT2D eigenvalue weighted by molar-refractivity contribution is 0.0621. The van der Waals surface area contributed by atoms with Gasteiger partial charge in [-0.05, 0) is 12.8 Å². The second kappa shape index (κ2) is 11.4. The molecule has 0 saturated heterocycles. The number of rotatable bonds is 11. The van der Waals surface area contributed by atoms with E-state index in [4.69, 9.17) is 0 Å². The Labute approximate surface area is 100 Å². The molecule has 2 heteroatoms. The maximum absolute atomic E-state index is 13.5. The summed E-state index contributed by atoms with van der Waals surface area (Å²) in [5, 5.41) is 9.60. The van der Waals surface area contributed by atoms with Gasteiger partial charge in [0, 0.05) is 0 Å². The molecule has 16 heavy (non-hydrogen) atoms. The van der Waals surface area contributed by atoms with Crippen LogP contribution in [0.3, 0.4) is 0 Å². The minimum atomic E-state index is -1.00. The lowest BCUT2D eigenvalue weighted by atomic mass is 10.0. The minimum absolute atomic E-state index is 0.537. The molecule has 2 atom stereocenters. The Balaban J connectivity index is 3.38. The molecule has 0 radical (unpaired) electrons. The first-order valence-electron chi connectivity index (χ1n) is 7.04. The lowest BCUT2D eigenvalue weighted by Gasteiger charge is -2.15. The van der Waals surface area contributed by atoms with E-state index in [9.17, 15) is 9.50 Å². The molecule has 0 rings (SSSR count). The molecule has 0 fully saturated rings. The number of alkyl halides is 1. The predicted octanol–water partition coefficient (Wildman–Crippen LogP) is 4.63. The molecule has 0 aromatic heterocycles. The Bertz CT molecular complexity index is 123. The van der Waals surface area contributed by atoms with Crippen molar-refractivity contribution in [2.24, 2.45) is 0 Å². The van der Waals surface area contributed by atoms with Gasteiger partial charge in [-0.25, -0.2) is 4.39 Å². The summed E-state index contributed by atoms with van der Waals surface area (Å²) in [5.74, 6) is 0. The molecule has 1 N–H and O–H groups in total. The highest BCUT2D eigenvalue weighted by molar-refractivity contribution is 4.67. The summed E-state index contributed by atoms with van der Waals surface area (Å²) >= 11 is 0. The molecule has 0 spiro atoms. The maximum atomic E-state index is 13.5. The van der Waals surface area contributed by atoms with Crippen LogP contribution >= 0.6 is 0 Å². The molecule has 0 aliphatic rings. The third-order valence-electron chi connectivity index (χ3n) is 3.10. The van der Waals surface area contributed by atoms with Crippen LogP contribution in [0.25, 0.3) is 0 Å². The highest BCUT2D eigenvalue weighted by Gasteiger charge is 2.16. The van der Waals surface area contributed by atoms with E-state index < -0.39 is 12.3 Å². The molecule has 0 amide bonds. The van der Waals surface area contributed by atoms with E-state index in [2.05, 4.69) is 13.8 Å². The van der Waals surface area contributed by atoms with Gasteiger partial charge in [-0.1, -0.05) is 65.2 Å². The largest absolute Gasteiger partial charge is 0.390 e. The fourth-order valence-electron chi connectivity index (χ4n) is 1.92. The number of halogens is 1. The number of aliphatic hydroxyl groups excluding tert-OH is 1. The Hall–Kier alpha value is -0.110. The van der Waals surface area contributed by atoms with E-state index in [1.54, 1.807) is 0 Å². The van der Waals surface area contributed by atoms with E-state index in [0.29, 0.717) is 12.8 Å². The third-order valence-corrected chi connectivity index (χ3v) is 3.10. The first-order chi connectivity index (χ1) is 7.72. The van der Waals surface area contributed by atoms with Crippen LogP contribution in [0.2, 0.25) is 0 Å². The molecule has 0 aromatic carbocycles. The van der Waals surface area contributed by atoms with Gasteiger partial charge in [-0.2, -0.15) is 0 Å². The minimum Gasteiger partial charge on any atom is -0.390 e. The van der Waals surface area contributed by atoms with Crippen molar-refractivity contribution in [2.45, 2.75) is 90.3 Å². The second-order valence-electron chi connectivity index (χ2n) is 4.78. The highest BCUT2D eigenvalue weighted by atomic mass is 19.1. The molecule has 98 valence electrons. The topological polar surface area (TPSA) is 20.2 Å². The van der Waals surface area contributed by atoms with Crippen molar-refractivity contribution in [3.8, 4) is 0 Å². The fraction of sp³-hybridized carbons (Fsp3) is 1.00. The van der Waals surface area contributed by atoms with Crippen LogP contribution in [0.5, 0.6) is 0 Å². The normalized spacial score (nSPS) is 15.0. The fourth-order valence-corrected chi connectivity index (χ4v) is 1.92. The van der Waals surface area contributed by atoms with Crippen LogP contribution in [0.4, 0.5) is 4.39 Å². The molecule has 0 aliphatic heterocycles. The van der Waals surface area contributed by atoms with Gasteiger partial charge < -0.3 is 5.11 Å². The molecule has 0 aliphatic carbocycles. The van der Waals surface area contributed by atoms with Crippen molar-refractivity contribution < 1.29 is 9.50 Å². The molecule has 0 aromatic rings. The number of unbranched alkanes of at least 4 members (excludes halogenated alkanes) is 6. The number of hydrogen-bond donors (Lipinski definition) is 1. The Morgan fingerprint density at radius 3 is 1.81 bits per heavy atom. The van der Waals surface area contributed by atoms with Crippen LogP contribution in [-0.2, 0) is 0 Å². The smallest absolute Gasteiger partial charge is 0.126 e. The first-order valence-corrected chi connectivity index (χ1v) is 7.04. The zero-order chi connectivity index (χ0) is 12.2. The van der Waals surface area contributed by atoms with Gasteiger partial charge in [0.15, 0.2) is 0 Å². The number of hydrogen-bond acceptors (Lipinski definition) is 1. The van der Waals surface area contributed by atoms with E-state index in [0.717, 1.165) is 25.7 Å². The van der Waals surface area contributed by atoms with Gasteiger partial charge >= 0.3 is 0 Å².